The van der Waals surface area contributed by atoms with Crippen LogP contribution >= 0.6 is 0 Å². The molecule has 1 fully saturated rings. The lowest BCUT2D eigenvalue weighted by atomic mass is 9.98. The fraction of sp³-hybridized carbons (Fsp3) is 0.444. The highest BCUT2D eigenvalue weighted by molar-refractivity contribution is 5.86. The minimum Gasteiger partial charge on any atom is -0.481 e. The first-order chi connectivity index (χ1) is 16.8. The molecule has 0 radical (unpaired) electrons. The molecule has 186 valence electrons. The topological polar surface area (TPSA) is 99.2 Å². The van der Waals surface area contributed by atoms with Gasteiger partial charge in [-0.3, -0.25) is 14.5 Å². The van der Waals surface area contributed by atoms with Crippen LogP contribution in [0.4, 0.5) is 4.79 Å². The molecule has 1 heterocycles. The van der Waals surface area contributed by atoms with E-state index >= 15 is 0 Å². The van der Waals surface area contributed by atoms with Crippen LogP contribution in [0, 0.1) is 0 Å². The van der Waals surface area contributed by atoms with Gasteiger partial charge in [0.15, 0.2) is 0 Å². The lowest BCUT2D eigenvalue weighted by Crippen LogP contribution is -2.60. The van der Waals surface area contributed by atoms with Crippen molar-refractivity contribution in [2.75, 3.05) is 26.7 Å². The maximum atomic E-state index is 13.3. The van der Waals surface area contributed by atoms with E-state index in [1.807, 2.05) is 57.3 Å². The van der Waals surface area contributed by atoms with Gasteiger partial charge in [-0.15, -0.1) is 0 Å². The molecular weight excluding hydrogens is 446 g/mol. The third-order valence-corrected chi connectivity index (χ3v) is 7.25. The van der Waals surface area contributed by atoms with Crippen molar-refractivity contribution in [3.63, 3.8) is 0 Å². The summed E-state index contributed by atoms with van der Waals surface area (Å²) in [5.41, 5.74) is 4.45. The average Bonchev–Trinajstić information content (AvgIpc) is 3.16. The molecule has 3 atom stereocenters. The number of ether oxygens (including phenoxy) is 1. The number of carbonyl (C=O) groups excluding carboxylic acids is 2. The zero-order valence-electron chi connectivity index (χ0n) is 20.4. The van der Waals surface area contributed by atoms with E-state index < -0.39 is 18.1 Å². The number of carbonyl (C=O) groups is 3. The first-order valence-electron chi connectivity index (χ1n) is 12.1. The number of alkyl carbamates (subject to hydrolysis) is 1. The number of fused-ring (bicyclic) bond motifs is 3. The molecular formula is C27H33N3O5. The number of amides is 2. The van der Waals surface area contributed by atoms with Crippen LogP contribution < -0.4 is 5.32 Å². The molecule has 2 N–H and O–H groups in total. The van der Waals surface area contributed by atoms with Crippen molar-refractivity contribution in [2.45, 2.75) is 50.7 Å². The Labute approximate surface area is 205 Å². The van der Waals surface area contributed by atoms with E-state index in [2.05, 4.69) is 22.3 Å². The number of nitrogens with one attached hydrogen (secondary N) is 1. The van der Waals surface area contributed by atoms with Crippen molar-refractivity contribution in [1.29, 1.82) is 0 Å². The summed E-state index contributed by atoms with van der Waals surface area (Å²) in [6.45, 7) is 5.26. The summed E-state index contributed by atoms with van der Waals surface area (Å²) in [7, 11) is 2.02. The van der Waals surface area contributed by atoms with Crippen LogP contribution in [0.25, 0.3) is 11.1 Å². The predicted octanol–water partition coefficient (Wildman–Crippen LogP) is 3.31. The summed E-state index contributed by atoms with van der Waals surface area (Å²) < 4.78 is 5.60. The van der Waals surface area contributed by atoms with Gasteiger partial charge < -0.3 is 20.1 Å². The predicted molar refractivity (Wildman–Crippen MR) is 132 cm³/mol. The molecule has 2 amide bonds. The van der Waals surface area contributed by atoms with Crippen molar-refractivity contribution in [3.05, 3.63) is 59.7 Å². The van der Waals surface area contributed by atoms with Gasteiger partial charge in [0.1, 0.15) is 12.6 Å². The molecule has 8 nitrogen and oxygen atoms in total. The first-order valence-corrected chi connectivity index (χ1v) is 12.1. The van der Waals surface area contributed by atoms with Crippen molar-refractivity contribution >= 4 is 18.0 Å². The molecule has 0 spiro atoms. The fourth-order valence-corrected chi connectivity index (χ4v) is 5.11. The maximum Gasteiger partial charge on any atom is 0.407 e. The van der Waals surface area contributed by atoms with Gasteiger partial charge in [-0.1, -0.05) is 48.5 Å². The zero-order chi connectivity index (χ0) is 25.1. The van der Waals surface area contributed by atoms with E-state index in [9.17, 15) is 14.4 Å². The van der Waals surface area contributed by atoms with Gasteiger partial charge in [-0.05, 0) is 49.6 Å². The molecule has 1 aliphatic carbocycles. The van der Waals surface area contributed by atoms with E-state index in [1.165, 1.54) is 0 Å². The van der Waals surface area contributed by atoms with Gasteiger partial charge >= 0.3 is 12.1 Å². The lowest BCUT2D eigenvalue weighted by Gasteiger charge is -2.43. The number of piperazine rings is 1. The summed E-state index contributed by atoms with van der Waals surface area (Å²) in [4.78, 5) is 41.2. The van der Waals surface area contributed by atoms with Crippen LogP contribution in [-0.2, 0) is 14.3 Å². The smallest absolute Gasteiger partial charge is 0.407 e. The third-order valence-electron chi connectivity index (χ3n) is 7.25. The zero-order valence-corrected chi connectivity index (χ0v) is 20.4. The van der Waals surface area contributed by atoms with Gasteiger partial charge in [-0.25, -0.2) is 4.79 Å². The Bertz CT molecular complexity index is 1050. The number of hydrogen-bond donors (Lipinski definition) is 2. The number of carboxylic acid groups (broad SMARTS) is 1. The van der Waals surface area contributed by atoms with E-state index in [4.69, 9.17) is 9.84 Å². The standard InChI is InChI=1S/C27H33N3O5/c1-17-14-30(15-18(2)29(17)3)26(33)24(12-13-25(31)32)28-27(34)35-16-23-21-10-6-4-8-19(21)20-9-5-7-11-22(20)23/h4-11,17-18,23-24H,12-16H2,1-3H3,(H,28,34)(H,31,32). The summed E-state index contributed by atoms with van der Waals surface area (Å²) in [6, 6.07) is 15.5. The van der Waals surface area contributed by atoms with Crippen molar-refractivity contribution in [1.82, 2.24) is 15.1 Å². The summed E-state index contributed by atoms with van der Waals surface area (Å²) >= 11 is 0. The summed E-state index contributed by atoms with van der Waals surface area (Å²) in [5.74, 6) is -1.38. The Balaban J connectivity index is 1.43. The van der Waals surface area contributed by atoms with Gasteiger partial charge in [0.25, 0.3) is 0 Å². The maximum absolute atomic E-state index is 13.3. The Kier molecular flexibility index (Phi) is 7.40. The molecule has 2 aliphatic rings. The van der Waals surface area contributed by atoms with Crippen LogP contribution in [0.2, 0.25) is 0 Å². The number of aliphatic carboxylic acids is 1. The molecule has 2 aromatic rings. The molecule has 0 aromatic heterocycles. The Hall–Kier alpha value is -3.39. The van der Waals surface area contributed by atoms with Crippen LogP contribution in [-0.4, -0.2) is 77.7 Å². The molecule has 0 bridgehead atoms. The number of nitrogens with zero attached hydrogens (tertiary/aromatic N) is 2. The average molecular weight is 480 g/mol. The molecule has 2 aromatic carbocycles. The van der Waals surface area contributed by atoms with Crippen LogP contribution in [0.1, 0.15) is 43.7 Å². The minimum absolute atomic E-state index is 0.00740. The van der Waals surface area contributed by atoms with Gasteiger partial charge in [0, 0.05) is 37.5 Å². The Morgan fingerprint density at radius 3 is 2.09 bits per heavy atom. The monoisotopic (exact) mass is 479 g/mol. The quantitative estimate of drug-likeness (QED) is 0.632. The molecule has 3 unspecified atom stereocenters. The van der Waals surface area contributed by atoms with Gasteiger partial charge in [0.05, 0.1) is 0 Å². The normalized spacial score (nSPS) is 20.6. The molecule has 8 heteroatoms. The lowest BCUT2D eigenvalue weighted by molar-refractivity contribution is -0.139. The number of benzene rings is 2. The van der Waals surface area contributed by atoms with Gasteiger partial charge in [0.2, 0.25) is 5.91 Å². The molecule has 1 saturated heterocycles. The fourth-order valence-electron chi connectivity index (χ4n) is 5.11. The van der Waals surface area contributed by atoms with E-state index in [0.29, 0.717) is 13.1 Å². The van der Waals surface area contributed by atoms with Crippen molar-refractivity contribution in [3.8, 4) is 11.1 Å². The minimum atomic E-state index is -1.02. The highest BCUT2D eigenvalue weighted by atomic mass is 16.5. The summed E-state index contributed by atoms with van der Waals surface area (Å²) in [6.07, 6.45) is -0.933. The highest BCUT2D eigenvalue weighted by Crippen LogP contribution is 2.44. The van der Waals surface area contributed by atoms with Crippen molar-refractivity contribution < 1.29 is 24.2 Å². The Morgan fingerprint density at radius 1 is 1.00 bits per heavy atom. The van der Waals surface area contributed by atoms with Gasteiger partial charge in [-0.2, -0.15) is 0 Å². The largest absolute Gasteiger partial charge is 0.481 e. The molecule has 1 aliphatic heterocycles. The van der Waals surface area contributed by atoms with E-state index in [0.717, 1.165) is 22.3 Å². The number of hydrogen-bond acceptors (Lipinski definition) is 5. The number of likely N-dealkylation sites (N-methyl/N-ethyl adjacent to an activating group) is 1. The molecule has 35 heavy (non-hydrogen) atoms. The van der Waals surface area contributed by atoms with Crippen LogP contribution in [0.5, 0.6) is 0 Å². The SMILES string of the molecule is CC1CN(C(=O)C(CCC(=O)O)NC(=O)OCC2c3ccccc3-c3ccccc32)CC(C)N1C. The second-order valence-electron chi connectivity index (χ2n) is 9.56. The second kappa shape index (κ2) is 10.5. The van der Waals surface area contributed by atoms with Crippen molar-refractivity contribution in [2.24, 2.45) is 0 Å². The Morgan fingerprint density at radius 2 is 1.54 bits per heavy atom. The number of rotatable bonds is 7. The van der Waals surface area contributed by atoms with E-state index in [-0.39, 0.29) is 43.4 Å². The van der Waals surface area contributed by atoms with E-state index in [1.54, 1.807) is 4.90 Å². The van der Waals surface area contributed by atoms with Crippen LogP contribution in [0.3, 0.4) is 0 Å². The summed E-state index contributed by atoms with van der Waals surface area (Å²) in [5, 5.41) is 11.8. The molecule has 0 saturated carbocycles. The highest BCUT2D eigenvalue weighted by Gasteiger charge is 2.34. The van der Waals surface area contributed by atoms with Crippen LogP contribution in [0.15, 0.2) is 48.5 Å². The molecule has 4 rings (SSSR count). The second-order valence-corrected chi connectivity index (χ2v) is 9.56. The third kappa shape index (κ3) is 5.32. The number of carboxylic acids is 1. The first kappa shape index (κ1) is 24.7.